The summed E-state index contributed by atoms with van der Waals surface area (Å²) < 4.78 is 0. The van der Waals surface area contributed by atoms with E-state index < -0.39 is 5.54 Å². The first kappa shape index (κ1) is 22.7. The van der Waals surface area contributed by atoms with E-state index in [1.54, 1.807) is 6.20 Å². The van der Waals surface area contributed by atoms with Crippen LogP contribution in [0.25, 0.3) is 11.1 Å². The standard InChI is InChI=1S/C28H31ClN4O2/c1-18-12-21(22-13-23(29)15-30-14-22)6-7-24(18)25-31-28(9-2-3-10-28)27(35)33(25)17-19-8-11-32(16-19)26(34)20-4-5-20/h6-7,12-15,19-20H,2-5,8-11,16-17H2,1H3. The molecule has 0 radical (unpaired) electrons. The third-order valence-corrected chi connectivity index (χ3v) is 8.33. The lowest BCUT2D eigenvalue weighted by atomic mass is 9.97. The highest BCUT2D eigenvalue weighted by atomic mass is 35.5. The van der Waals surface area contributed by atoms with Crippen molar-refractivity contribution in [3.8, 4) is 11.1 Å². The minimum absolute atomic E-state index is 0.152. The van der Waals surface area contributed by atoms with Gasteiger partial charge in [-0.1, -0.05) is 42.6 Å². The molecule has 7 heteroatoms. The number of carbonyl (C=O) groups is 2. The zero-order chi connectivity index (χ0) is 24.2. The molecule has 182 valence electrons. The molecule has 0 bridgehead atoms. The monoisotopic (exact) mass is 490 g/mol. The van der Waals surface area contributed by atoms with E-state index in [1.165, 1.54) is 0 Å². The zero-order valence-corrected chi connectivity index (χ0v) is 20.9. The number of hydrogen-bond acceptors (Lipinski definition) is 4. The second-order valence-electron chi connectivity index (χ2n) is 10.7. The van der Waals surface area contributed by atoms with Crippen molar-refractivity contribution in [1.29, 1.82) is 0 Å². The first-order valence-corrected chi connectivity index (χ1v) is 13.2. The first-order valence-electron chi connectivity index (χ1n) is 12.9. The zero-order valence-electron chi connectivity index (χ0n) is 20.2. The van der Waals surface area contributed by atoms with Gasteiger partial charge in [0.2, 0.25) is 5.91 Å². The summed E-state index contributed by atoms with van der Waals surface area (Å²) in [5.41, 5.74) is 3.49. The van der Waals surface area contributed by atoms with Crippen molar-refractivity contribution < 1.29 is 9.59 Å². The van der Waals surface area contributed by atoms with Gasteiger partial charge in [-0.2, -0.15) is 0 Å². The lowest BCUT2D eigenvalue weighted by molar-refractivity contribution is -0.131. The van der Waals surface area contributed by atoms with E-state index in [1.807, 2.05) is 22.1 Å². The molecule has 2 aliphatic carbocycles. The van der Waals surface area contributed by atoms with Gasteiger partial charge in [0.25, 0.3) is 5.91 Å². The first-order chi connectivity index (χ1) is 16.9. The normalized spacial score (nSPS) is 23.4. The Hall–Kier alpha value is -2.73. The number of aromatic nitrogens is 1. The highest BCUT2D eigenvalue weighted by molar-refractivity contribution is 6.30. The molecule has 0 N–H and O–H groups in total. The van der Waals surface area contributed by atoms with Crippen molar-refractivity contribution in [3.63, 3.8) is 0 Å². The molecule has 3 heterocycles. The molecule has 2 saturated carbocycles. The number of amides is 2. The highest BCUT2D eigenvalue weighted by Crippen LogP contribution is 2.41. The van der Waals surface area contributed by atoms with Crippen LogP contribution in [0.5, 0.6) is 0 Å². The molecule has 1 spiro atoms. The van der Waals surface area contributed by atoms with Crippen LogP contribution in [0, 0.1) is 18.8 Å². The van der Waals surface area contributed by atoms with Crippen LogP contribution in [-0.2, 0) is 9.59 Å². The molecule has 1 saturated heterocycles. The minimum atomic E-state index is -0.598. The van der Waals surface area contributed by atoms with E-state index in [9.17, 15) is 9.59 Å². The van der Waals surface area contributed by atoms with Crippen molar-refractivity contribution >= 4 is 29.3 Å². The molecule has 35 heavy (non-hydrogen) atoms. The second-order valence-corrected chi connectivity index (χ2v) is 11.2. The lowest BCUT2D eigenvalue weighted by Gasteiger charge is -2.26. The van der Waals surface area contributed by atoms with Crippen LogP contribution < -0.4 is 0 Å². The molecule has 2 aromatic rings. The SMILES string of the molecule is Cc1cc(-c2cncc(Cl)c2)ccc1C1=NC2(CCCC2)C(=O)N1CC1CCN(C(=O)C2CC2)C1. The Morgan fingerprint density at radius 3 is 2.63 bits per heavy atom. The summed E-state index contributed by atoms with van der Waals surface area (Å²) in [4.78, 5) is 39.7. The van der Waals surface area contributed by atoms with Gasteiger partial charge >= 0.3 is 0 Å². The number of halogens is 1. The van der Waals surface area contributed by atoms with Gasteiger partial charge in [-0.05, 0) is 62.1 Å². The summed E-state index contributed by atoms with van der Waals surface area (Å²) in [6.45, 7) is 4.26. The Labute approximate surface area is 211 Å². The Bertz CT molecular complexity index is 1220. The van der Waals surface area contributed by atoms with Crippen LogP contribution in [-0.4, -0.2) is 57.6 Å². The molecule has 6 nitrogen and oxygen atoms in total. The predicted molar refractivity (Wildman–Crippen MR) is 136 cm³/mol. The van der Waals surface area contributed by atoms with Crippen LogP contribution in [0.3, 0.4) is 0 Å². The van der Waals surface area contributed by atoms with Crippen LogP contribution in [0.1, 0.15) is 56.1 Å². The fourth-order valence-electron chi connectivity index (χ4n) is 6.01. The molecular formula is C28H31ClN4O2. The average molecular weight is 491 g/mol. The summed E-state index contributed by atoms with van der Waals surface area (Å²) in [7, 11) is 0. The minimum Gasteiger partial charge on any atom is -0.342 e. The van der Waals surface area contributed by atoms with E-state index in [-0.39, 0.29) is 11.8 Å². The van der Waals surface area contributed by atoms with E-state index in [4.69, 9.17) is 16.6 Å². The number of benzene rings is 1. The smallest absolute Gasteiger partial charge is 0.256 e. The van der Waals surface area contributed by atoms with E-state index >= 15 is 0 Å². The van der Waals surface area contributed by atoms with E-state index in [0.29, 0.717) is 23.4 Å². The molecule has 3 fully saturated rings. The topological polar surface area (TPSA) is 65.9 Å². The molecule has 2 aliphatic heterocycles. The Balaban J connectivity index is 1.28. The number of nitrogens with zero attached hydrogens (tertiary/aromatic N) is 4. The number of pyridine rings is 1. The molecule has 1 unspecified atom stereocenters. The molecular weight excluding hydrogens is 460 g/mol. The van der Waals surface area contributed by atoms with Crippen LogP contribution in [0.4, 0.5) is 0 Å². The fourth-order valence-corrected chi connectivity index (χ4v) is 6.19. The molecule has 1 aromatic heterocycles. The highest BCUT2D eigenvalue weighted by Gasteiger charge is 2.51. The van der Waals surface area contributed by atoms with Crippen LogP contribution in [0.2, 0.25) is 5.02 Å². The number of amidine groups is 1. The summed E-state index contributed by atoms with van der Waals surface area (Å²) >= 11 is 6.15. The van der Waals surface area contributed by atoms with Crippen molar-refractivity contribution in [3.05, 3.63) is 52.8 Å². The molecule has 1 aromatic carbocycles. The maximum atomic E-state index is 13.8. The molecule has 6 rings (SSSR count). The lowest BCUT2D eigenvalue weighted by Crippen LogP contribution is -2.44. The number of likely N-dealkylation sites (tertiary alicyclic amines) is 1. The third kappa shape index (κ3) is 4.16. The third-order valence-electron chi connectivity index (χ3n) is 8.12. The predicted octanol–water partition coefficient (Wildman–Crippen LogP) is 4.87. The van der Waals surface area contributed by atoms with Crippen molar-refractivity contribution in [2.24, 2.45) is 16.8 Å². The number of rotatable bonds is 5. The van der Waals surface area contributed by atoms with Gasteiger partial charge in [-0.3, -0.25) is 24.5 Å². The number of hydrogen-bond donors (Lipinski definition) is 0. The van der Waals surface area contributed by atoms with Crippen molar-refractivity contribution in [2.75, 3.05) is 19.6 Å². The van der Waals surface area contributed by atoms with E-state index in [0.717, 1.165) is 86.1 Å². The molecule has 2 amide bonds. The molecule has 4 aliphatic rings. The summed E-state index contributed by atoms with van der Waals surface area (Å²) in [6, 6.07) is 8.18. The number of aliphatic imine (C=N–C) groups is 1. The Kier molecular flexibility index (Phi) is 5.67. The molecule has 1 atom stereocenters. The van der Waals surface area contributed by atoms with Gasteiger partial charge in [0.05, 0.1) is 5.02 Å². The number of aryl methyl sites for hydroxylation is 1. The summed E-state index contributed by atoms with van der Waals surface area (Å²) in [6.07, 6.45) is 10.2. The van der Waals surface area contributed by atoms with Crippen molar-refractivity contribution in [2.45, 2.75) is 57.4 Å². The number of carbonyl (C=O) groups excluding carboxylic acids is 2. The Morgan fingerprint density at radius 1 is 1.11 bits per heavy atom. The van der Waals surface area contributed by atoms with Crippen LogP contribution in [0.15, 0.2) is 41.7 Å². The van der Waals surface area contributed by atoms with Crippen LogP contribution >= 0.6 is 11.6 Å². The van der Waals surface area contributed by atoms with Gasteiger partial charge in [-0.15, -0.1) is 0 Å². The van der Waals surface area contributed by atoms with Gasteiger partial charge in [-0.25, -0.2) is 0 Å². The van der Waals surface area contributed by atoms with Crippen molar-refractivity contribution in [1.82, 2.24) is 14.8 Å². The largest absolute Gasteiger partial charge is 0.342 e. The average Bonchev–Trinajstić information content (AvgIpc) is 3.30. The Morgan fingerprint density at radius 2 is 1.91 bits per heavy atom. The fraction of sp³-hybridized carbons (Fsp3) is 0.500. The van der Waals surface area contributed by atoms with E-state index in [2.05, 4.69) is 30.1 Å². The van der Waals surface area contributed by atoms with Gasteiger partial charge < -0.3 is 4.90 Å². The second kappa shape index (κ2) is 8.74. The maximum Gasteiger partial charge on any atom is 0.256 e. The summed E-state index contributed by atoms with van der Waals surface area (Å²) in [5.74, 6) is 1.80. The van der Waals surface area contributed by atoms with Gasteiger partial charge in [0.1, 0.15) is 11.4 Å². The quantitative estimate of drug-likeness (QED) is 0.600. The summed E-state index contributed by atoms with van der Waals surface area (Å²) in [5, 5.41) is 0.607. The van der Waals surface area contributed by atoms with Gasteiger partial charge in [0, 0.05) is 49.1 Å². The maximum absolute atomic E-state index is 13.8. The van der Waals surface area contributed by atoms with Gasteiger partial charge in [0.15, 0.2) is 0 Å².